The maximum absolute atomic E-state index is 13.9. The Balaban J connectivity index is 1.32. The van der Waals surface area contributed by atoms with Crippen molar-refractivity contribution in [3.05, 3.63) is 107 Å². The van der Waals surface area contributed by atoms with Crippen molar-refractivity contribution in [2.75, 3.05) is 13.1 Å². The molecule has 184 valence electrons. The van der Waals surface area contributed by atoms with E-state index in [-0.39, 0.29) is 17.4 Å². The molecular formula is C32H35N3O. The van der Waals surface area contributed by atoms with E-state index in [2.05, 4.69) is 46.6 Å². The summed E-state index contributed by atoms with van der Waals surface area (Å²) in [6, 6.07) is 28.7. The molecule has 5 rings (SSSR count). The van der Waals surface area contributed by atoms with Gasteiger partial charge < -0.3 is 5.32 Å². The lowest BCUT2D eigenvalue weighted by molar-refractivity contribution is -0.124. The molecule has 0 atom stereocenters. The quantitative estimate of drug-likeness (QED) is 0.457. The van der Waals surface area contributed by atoms with Crippen LogP contribution in [0.25, 0.3) is 0 Å². The van der Waals surface area contributed by atoms with Gasteiger partial charge in [0.05, 0.1) is 17.6 Å². The summed E-state index contributed by atoms with van der Waals surface area (Å²) in [5.74, 6) is -0.190. The lowest BCUT2D eigenvalue weighted by Crippen LogP contribution is -2.53. The van der Waals surface area contributed by atoms with E-state index in [1.54, 1.807) is 0 Å². The minimum atomic E-state index is -0.303. The number of nitrogens with zero attached hydrogens (tertiary/aromatic N) is 2. The first-order chi connectivity index (χ1) is 17.7. The second-order valence-electron chi connectivity index (χ2n) is 10.5. The fraction of sp³-hybridized carbons (Fsp3) is 0.375. The van der Waals surface area contributed by atoms with Crippen LogP contribution in [0.3, 0.4) is 0 Å². The molecule has 0 spiro atoms. The highest BCUT2D eigenvalue weighted by atomic mass is 16.2. The van der Waals surface area contributed by atoms with Crippen molar-refractivity contribution in [3.8, 4) is 6.07 Å². The van der Waals surface area contributed by atoms with Gasteiger partial charge in [0.1, 0.15) is 0 Å². The Kier molecular flexibility index (Phi) is 7.49. The maximum Gasteiger partial charge on any atom is 0.232 e. The highest BCUT2D eigenvalue weighted by Crippen LogP contribution is 2.34. The molecule has 3 aromatic rings. The summed E-state index contributed by atoms with van der Waals surface area (Å²) in [6.07, 6.45) is 7.63. The van der Waals surface area contributed by atoms with Gasteiger partial charge in [0.25, 0.3) is 0 Å². The molecule has 0 radical (unpaired) electrons. The molecule has 1 amide bonds. The summed E-state index contributed by atoms with van der Waals surface area (Å²) in [5.41, 5.74) is 5.31. The van der Waals surface area contributed by atoms with E-state index in [9.17, 15) is 10.1 Å². The number of carbonyl (C=O) groups excluding carboxylic acids is 1. The Morgan fingerprint density at radius 3 is 2.22 bits per heavy atom. The van der Waals surface area contributed by atoms with Crippen LogP contribution in [-0.4, -0.2) is 29.4 Å². The predicted molar refractivity (Wildman–Crippen MR) is 143 cm³/mol. The van der Waals surface area contributed by atoms with Crippen LogP contribution in [0.2, 0.25) is 0 Å². The summed E-state index contributed by atoms with van der Waals surface area (Å²) in [5, 5.41) is 12.8. The predicted octanol–water partition coefficient (Wildman–Crippen LogP) is 5.96. The zero-order valence-corrected chi connectivity index (χ0v) is 21.0. The summed E-state index contributed by atoms with van der Waals surface area (Å²) < 4.78 is 0. The standard InChI is InChI=1S/C32H35N3O/c33-23-25-14-15-29-24-35(20-16-28(29)22-25)21-19-32(17-8-3-9-18-32)34-31(36)30(26-10-4-1-5-11-26)27-12-6-2-7-13-27/h1-2,4-7,10-15,22,30H,3,8-9,16-21,24H2,(H,34,36). The van der Waals surface area contributed by atoms with Gasteiger partial charge in [-0.25, -0.2) is 0 Å². The van der Waals surface area contributed by atoms with Crippen molar-refractivity contribution >= 4 is 5.91 Å². The van der Waals surface area contributed by atoms with Crippen molar-refractivity contribution < 1.29 is 4.79 Å². The molecule has 4 heteroatoms. The van der Waals surface area contributed by atoms with Gasteiger partial charge in [-0.15, -0.1) is 0 Å². The summed E-state index contributed by atoms with van der Waals surface area (Å²) in [7, 11) is 0. The van der Waals surface area contributed by atoms with Gasteiger partial charge in [-0.2, -0.15) is 5.26 Å². The topological polar surface area (TPSA) is 56.1 Å². The maximum atomic E-state index is 13.9. The smallest absolute Gasteiger partial charge is 0.232 e. The highest BCUT2D eigenvalue weighted by Gasteiger charge is 2.36. The molecule has 0 aromatic heterocycles. The molecule has 1 aliphatic carbocycles. The van der Waals surface area contributed by atoms with Crippen molar-refractivity contribution in [1.82, 2.24) is 10.2 Å². The van der Waals surface area contributed by atoms with Gasteiger partial charge in [-0.05, 0) is 60.1 Å². The third kappa shape index (κ3) is 5.53. The second kappa shape index (κ2) is 11.1. The first kappa shape index (κ1) is 24.3. The molecular weight excluding hydrogens is 442 g/mol. The Morgan fingerprint density at radius 1 is 0.917 bits per heavy atom. The SMILES string of the molecule is N#Cc1ccc2c(c1)CCN(CCC1(NC(=O)C(c3ccccc3)c3ccccc3)CCCCC1)C2. The van der Waals surface area contributed by atoms with E-state index in [1.807, 2.05) is 48.5 Å². The fourth-order valence-electron chi connectivity index (χ4n) is 6.03. The number of hydrogen-bond donors (Lipinski definition) is 1. The van der Waals surface area contributed by atoms with Crippen LogP contribution in [0.15, 0.2) is 78.9 Å². The van der Waals surface area contributed by atoms with Gasteiger partial charge in [0, 0.05) is 25.2 Å². The van der Waals surface area contributed by atoms with E-state index in [0.717, 1.165) is 62.0 Å². The van der Waals surface area contributed by atoms with Crippen molar-refractivity contribution in [2.45, 2.75) is 62.9 Å². The number of benzene rings is 3. The van der Waals surface area contributed by atoms with Gasteiger partial charge in [-0.1, -0.05) is 86.0 Å². The molecule has 1 N–H and O–H groups in total. The molecule has 0 saturated heterocycles. The molecule has 1 aliphatic heterocycles. The van der Waals surface area contributed by atoms with E-state index >= 15 is 0 Å². The number of fused-ring (bicyclic) bond motifs is 1. The van der Waals surface area contributed by atoms with Crippen LogP contribution in [0.5, 0.6) is 0 Å². The average molecular weight is 478 g/mol. The zero-order chi connectivity index (χ0) is 24.8. The Hall–Kier alpha value is -3.42. The van der Waals surface area contributed by atoms with Crippen molar-refractivity contribution in [1.29, 1.82) is 5.26 Å². The van der Waals surface area contributed by atoms with Crippen LogP contribution in [0, 0.1) is 11.3 Å². The molecule has 0 unspecified atom stereocenters. The van der Waals surface area contributed by atoms with Gasteiger partial charge in [0.2, 0.25) is 5.91 Å². The second-order valence-corrected chi connectivity index (χ2v) is 10.5. The lowest BCUT2D eigenvalue weighted by atomic mass is 9.78. The highest BCUT2D eigenvalue weighted by molar-refractivity contribution is 5.87. The number of carbonyl (C=O) groups is 1. The summed E-state index contributed by atoms with van der Waals surface area (Å²) in [6.45, 7) is 2.89. The van der Waals surface area contributed by atoms with E-state index < -0.39 is 0 Å². The zero-order valence-electron chi connectivity index (χ0n) is 21.0. The number of nitriles is 1. The first-order valence-electron chi connectivity index (χ1n) is 13.3. The van der Waals surface area contributed by atoms with Crippen LogP contribution < -0.4 is 5.32 Å². The molecule has 4 nitrogen and oxygen atoms in total. The Bertz CT molecular complexity index is 1170. The number of amides is 1. The van der Waals surface area contributed by atoms with Crippen molar-refractivity contribution in [3.63, 3.8) is 0 Å². The van der Waals surface area contributed by atoms with Gasteiger partial charge in [-0.3, -0.25) is 9.69 Å². The van der Waals surface area contributed by atoms with Crippen LogP contribution in [-0.2, 0) is 17.8 Å². The monoisotopic (exact) mass is 477 g/mol. The molecule has 1 fully saturated rings. The molecule has 3 aromatic carbocycles. The molecule has 2 aliphatic rings. The van der Waals surface area contributed by atoms with Gasteiger partial charge in [0.15, 0.2) is 0 Å². The number of nitrogens with one attached hydrogen (secondary N) is 1. The Labute approximate surface area is 215 Å². The minimum Gasteiger partial charge on any atom is -0.350 e. The summed E-state index contributed by atoms with van der Waals surface area (Å²) in [4.78, 5) is 16.5. The number of hydrogen-bond acceptors (Lipinski definition) is 3. The molecule has 1 saturated carbocycles. The van der Waals surface area contributed by atoms with E-state index in [1.165, 1.54) is 30.4 Å². The summed E-state index contributed by atoms with van der Waals surface area (Å²) >= 11 is 0. The van der Waals surface area contributed by atoms with E-state index in [0.29, 0.717) is 0 Å². The largest absolute Gasteiger partial charge is 0.350 e. The van der Waals surface area contributed by atoms with Crippen LogP contribution >= 0.6 is 0 Å². The Morgan fingerprint density at radius 2 is 1.58 bits per heavy atom. The third-order valence-corrected chi connectivity index (χ3v) is 8.06. The lowest BCUT2D eigenvalue weighted by Gasteiger charge is -2.41. The fourth-order valence-corrected chi connectivity index (χ4v) is 6.03. The average Bonchev–Trinajstić information content (AvgIpc) is 2.93. The molecule has 1 heterocycles. The van der Waals surface area contributed by atoms with Crippen LogP contribution in [0.4, 0.5) is 0 Å². The number of rotatable bonds is 7. The van der Waals surface area contributed by atoms with Gasteiger partial charge >= 0.3 is 0 Å². The van der Waals surface area contributed by atoms with Crippen molar-refractivity contribution in [2.24, 2.45) is 0 Å². The molecule has 0 bridgehead atoms. The molecule has 36 heavy (non-hydrogen) atoms. The first-order valence-corrected chi connectivity index (χ1v) is 13.3. The minimum absolute atomic E-state index is 0.113. The normalized spacial score (nSPS) is 17.2. The van der Waals surface area contributed by atoms with E-state index in [4.69, 9.17) is 0 Å². The van der Waals surface area contributed by atoms with Crippen LogP contribution in [0.1, 0.15) is 72.3 Å². The third-order valence-electron chi connectivity index (χ3n) is 8.06.